The first-order chi connectivity index (χ1) is 11.7. The van der Waals surface area contributed by atoms with E-state index in [4.69, 9.17) is 4.74 Å². The highest BCUT2D eigenvalue weighted by Gasteiger charge is 2.12. The number of benzene rings is 2. The monoisotopic (exact) mass is 323 g/mol. The van der Waals surface area contributed by atoms with Crippen molar-refractivity contribution >= 4 is 16.7 Å². The Kier molecular flexibility index (Phi) is 4.79. The molecule has 0 fully saturated rings. The Balaban J connectivity index is 1.57. The van der Waals surface area contributed by atoms with Crippen LogP contribution >= 0.6 is 0 Å². The van der Waals surface area contributed by atoms with Crippen molar-refractivity contribution in [1.29, 1.82) is 0 Å². The zero-order valence-corrected chi connectivity index (χ0v) is 14.0. The first-order valence-electron chi connectivity index (χ1n) is 8.03. The number of rotatable bonds is 6. The van der Waals surface area contributed by atoms with Crippen LogP contribution < -0.4 is 4.74 Å². The standard InChI is InChI=1S/C19H21N3O2/c1-3-22-11-10-17(20-22)13-21(2)19(23)14-24-18-9-8-15-6-4-5-7-16(15)12-18/h4-12H,3,13-14H2,1-2H3. The van der Waals surface area contributed by atoms with Crippen molar-refractivity contribution in [2.75, 3.05) is 13.7 Å². The summed E-state index contributed by atoms with van der Waals surface area (Å²) in [5, 5.41) is 6.64. The molecule has 0 bridgehead atoms. The summed E-state index contributed by atoms with van der Waals surface area (Å²) in [5.74, 6) is 0.625. The van der Waals surface area contributed by atoms with Crippen LogP contribution in [0.25, 0.3) is 10.8 Å². The Hall–Kier alpha value is -2.82. The minimum Gasteiger partial charge on any atom is -0.484 e. The predicted octanol–water partition coefficient (Wildman–Crippen LogP) is 3.09. The molecule has 124 valence electrons. The van der Waals surface area contributed by atoms with Crippen molar-refractivity contribution in [3.8, 4) is 5.75 Å². The fourth-order valence-corrected chi connectivity index (χ4v) is 2.51. The van der Waals surface area contributed by atoms with E-state index >= 15 is 0 Å². The summed E-state index contributed by atoms with van der Waals surface area (Å²) < 4.78 is 7.49. The van der Waals surface area contributed by atoms with Gasteiger partial charge in [-0.25, -0.2) is 0 Å². The molecule has 24 heavy (non-hydrogen) atoms. The molecule has 0 atom stereocenters. The van der Waals surface area contributed by atoms with Gasteiger partial charge in [0.1, 0.15) is 5.75 Å². The maximum Gasteiger partial charge on any atom is 0.260 e. The lowest BCUT2D eigenvalue weighted by molar-refractivity contribution is -0.132. The average Bonchev–Trinajstić information content (AvgIpc) is 3.07. The van der Waals surface area contributed by atoms with Crippen molar-refractivity contribution in [1.82, 2.24) is 14.7 Å². The zero-order chi connectivity index (χ0) is 16.9. The molecular formula is C19H21N3O2. The van der Waals surface area contributed by atoms with Crippen molar-refractivity contribution in [2.24, 2.45) is 0 Å². The summed E-state index contributed by atoms with van der Waals surface area (Å²) in [4.78, 5) is 13.9. The van der Waals surface area contributed by atoms with Gasteiger partial charge in [0, 0.05) is 19.8 Å². The SMILES string of the molecule is CCn1ccc(CN(C)C(=O)COc2ccc3ccccc3c2)n1. The third-order valence-corrected chi connectivity index (χ3v) is 3.93. The van der Waals surface area contributed by atoms with Crippen molar-refractivity contribution in [2.45, 2.75) is 20.0 Å². The van der Waals surface area contributed by atoms with E-state index in [2.05, 4.69) is 5.10 Å². The lowest BCUT2D eigenvalue weighted by Crippen LogP contribution is -2.31. The minimum absolute atomic E-state index is 0.0172. The lowest BCUT2D eigenvalue weighted by Gasteiger charge is -2.16. The normalized spacial score (nSPS) is 10.8. The van der Waals surface area contributed by atoms with E-state index in [1.807, 2.05) is 66.3 Å². The van der Waals surface area contributed by atoms with Gasteiger partial charge in [-0.2, -0.15) is 5.10 Å². The largest absolute Gasteiger partial charge is 0.484 e. The predicted molar refractivity (Wildman–Crippen MR) is 93.8 cm³/mol. The quantitative estimate of drug-likeness (QED) is 0.700. The number of hydrogen-bond acceptors (Lipinski definition) is 3. The van der Waals surface area contributed by atoms with Gasteiger partial charge in [0.2, 0.25) is 0 Å². The van der Waals surface area contributed by atoms with Gasteiger partial charge < -0.3 is 9.64 Å². The van der Waals surface area contributed by atoms with Crippen LogP contribution in [0.2, 0.25) is 0 Å². The first kappa shape index (κ1) is 16.1. The first-order valence-corrected chi connectivity index (χ1v) is 8.03. The second-order valence-electron chi connectivity index (χ2n) is 5.71. The van der Waals surface area contributed by atoms with E-state index < -0.39 is 0 Å². The Labute approximate surface area is 141 Å². The summed E-state index contributed by atoms with van der Waals surface area (Å²) in [6.45, 7) is 3.35. The smallest absolute Gasteiger partial charge is 0.260 e. The summed E-state index contributed by atoms with van der Waals surface area (Å²) in [7, 11) is 1.76. The number of hydrogen-bond donors (Lipinski definition) is 0. The molecule has 2 aromatic carbocycles. The van der Waals surface area contributed by atoms with Gasteiger partial charge in [0.05, 0.1) is 12.2 Å². The summed E-state index contributed by atoms with van der Waals surface area (Å²) >= 11 is 0. The molecule has 1 heterocycles. The van der Waals surface area contributed by atoms with Crippen LogP contribution in [0.4, 0.5) is 0 Å². The molecule has 5 nitrogen and oxygen atoms in total. The van der Waals surface area contributed by atoms with E-state index in [0.29, 0.717) is 12.3 Å². The second-order valence-corrected chi connectivity index (χ2v) is 5.71. The molecular weight excluding hydrogens is 302 g/mol. The van der Waals surface area contributed by atoms with E-state index in [1.54, 1.807) is 11.9 Å². The van der Waals surface area contributed by atoms with E-state index in [9.17, 15) is 4.79 Å². The minimum atomic E-state index is -0.0748. The Morgan fingerprint density at radius 2 is 1.96 bits per heavy atom. The van der Waals surface area contributed by atoms with Gasteiger partial charge in [-0.1, -0.05) is 30.3 Å². The van der Waals surface area contributed by atoms with Crippen molar-refractivity contribution in [3.63, 3.8) is 0 Å². The van der Waals surface area contributed by atoms with Gasteiger partial charge in [0.15, 0.2) is 6.61 Å². The van der Waals surface area contributed by atoms with E-state index in [0.717, 1.165) is 23.0 Å². The molecule has 5 heteroatoms. The molecule has 3 rings (SSSR count). The molecule has 0 saturated carbocycles. The van der Waals surface area contributed by atoms with Crippen molar-refractivity contribution in [3.05, 3.63) is 60.4 Å². The van der Waals surface area contributed by atoms with Crippen LogP contribution in [-0.4, -0.2) is 34.2 Å². The van der Waals surface area contributed by atoms with Crippen LogP contribution in [0.5, 0.6) is 5.75 Å². The summed E-state index contributed by atoms with van der Waals surface area (Å²) in [6, 6.07) is 15.8. The molecule has 0 spiro atoms. The Morgan fingerprint density at radius 3 is 2.71 bits per heavy atom. The number of amides is 1. The second kappa shape index (κ2) is 7.17. The zero-order valence-electron chi connectivity index (χ0n) is 14.0. The fourth-order valence-electron chi connectivity index (χ4n) is 2.51. The fraction of sp³-hybridized carbons (Fsp3) is 0.263. The Morgan fingerprint density at radius 1 is 1.17 bits per heavy atom. The van der Waals surface area contributed by atoms with Crippen LogP contribution in [0.15, 0.2) is 54.7 Å². The highest BCUT2D eigenvalue weighted by molar-refractivity contribution is 5.84. The molecule has 1 aromatic heterocycles. The number of fused-ring (bicyclic) bond motifs is 1. The summed E-state index contributed by atoms with van der Waals surface area (Å²) in [6.07, 6.45) is 1.92. The lowest BCUT2D eigenvalue weighted by atomic mass is 10.1. The van der Waals surface area contributed by atoms with Crippen LogP contribution in [0.1, 0.15) is 12.6 Å². The number of ether oxygens (including phenoxy) is 1. The van der Waals surface area contributed by atoms with Crippen LogP contribution in [0, 0.1) is 0 Å². The molecule has 0 saturated heterocycles. The van der Waals surface area contributed by atoms with Crippen LogP contribution in [0.3, 0.4) is 0 Å². The highest BCUT2D eigenvalue weighted by Crippen LogP contribution is 2.20. The number of aromatic nitrogens is 2. The van der Waals surface area contributed by atoms with Crippen LogP contribution in [-0.2, 0) is 17.9 Å². The maximum atomic E-state index is 12.2. The van der Waals surface area contributed by atoms with Gasteiger partial charge in [-0.15, -0.1) is 0 Å². The third kappa shape index (κ3) is 3.74. The van der Waals surface area contributed by atoms with Gasteiger partial charge >= 0.3 is 0 Å². The molecule has 0 unspecified atom stereocenters. The number of aryl methyl sites for hydroxylation is 1. The Bertz CT molecular complexity index is 841. The molecule has 0 N–H and O–H groups in total. The number of carbonyl (C=O) groups is 1. The van der Waals surface area contributed by atoms with Gasteiger partial charge in [-0.05, 0) is 35.9 Å². The number of likely N-dealkylation sites (N-methyl/N-ethyl adjacent to an activating group) is 1. The summed E-state index contributed by atoms with van der Waals surface area (Å²) in [5.41, 5.74) is 0.874. The molecule has 0 aliphatic carbocycles. The molecule has 0 aliphatic heterocycles. The highest BCUT2D eigenvalue weighted by atomic mass is 16.5. The average molecular weight is 323 g/mol. The third-order valence-electron chi connectivity index (χ3n) is 3.93. The molecule has 1 amide bonds. The van der Waals surface area contributed by atoms with Gasteiger partial charge in [-0.3, -0.25) is 9.48 Å². The van der Waals surface area contributed by atoms with Gasteiger partial charge in [0.25, 0.3) is 5.91 Å². The molecule has 0 aliphatic rings. The topological polar surface area (TPSA) is 47.4 Å². The number of nitrogens with zero attached hydrogens (tertiary/aromatic N) is 3. The number of carbonyl (C=O) groups excluding carboxylic acids is 1. The maximum absolute atomic E-state index is 12.2. The molecule has 3 aromatic rings. The van der Waals surface area contributed by atoms with E-state index in [-0.39, 0.29) is 12.5 Å². The van der Waals surface area contributed by atoms with Crippen molar-refractivity contribution < 1.29 is 9.53 Å². The van der Waals surface area contributed by atoms with E-state index in [1.165, 1.54) is 0 Å². The molecule has 0 radical (unpaired) electrons.